The predicted octanol–water partition coefficient (Wildman–Crippen LogP) is 2.37. The summed E-state index contributed by atoms with van der Waals surface area (Å²) in [6.07, 6.45) is 0. The molecule has 3 N–H and O–H groups in total. The Hall–Kier alpha value is -3.74. The fourth-order valence-electron chi connectivity index (χ4n) is 3.13. The second-order valence-electron chi connectivity index (χ2n) is 5.76. The van der Waals surface area contributed by atoms with Crippen LogP contribution in [0.1, 0.15) is 0 Å². The zero-order valence-corrected chi connectivity index (χ0v) is 13.0. The van der Waals surface area contributed by atoms with Gasteiger partial charge in [-0.1, -0.05) is 42.5 Å². The van der Waals surface area contributed by atoms with Crippen molar-refractivity contribution in [3.05, 3.63) is 65.0 Å². The van der Waals surface area contributed by atoms with Crippen molar-refractivity contribution in [2.45, 2.75) is 0 Å². The van der Waals surface area contributed by atoms with Gasteiger partial charge >= 0.3 is 0 Å². The van der Waals surface area contributed by atoms with Crippen molar-refractivity contribution in [1.29, 1.82) is 0 Å². The maximum absolute atomic E-state index is 12.4. The minimum Gasteiger partial charge on any atom is -0.382 e. The van der Waals surface area contributed by atoms with E-state index < -0.39 is 0 Å². The third-order valence-corrected chi connectivity index (χ3v) is 4.28. The molecule has 0 unspecified atom stereocenters. The van der Waals surface area contributed by atoms with Crippen LogP contribution in [0.2, 0.25) is 0 Å². The molecule has 2 aromatic carbocycles. The highest BCUT2D eigenvalue weighted by atomic mass is 16.1. The van der Waals surface area contributed by atoms with E-state index in [-0.39, 0.29) is 11.4 Å². The Morgan fingerprint density at radius 2 is 1.72 bits per heavy atom. The second-order valence-corrected chi connectivity index (χ2v) is 5.76. The summed E-state index contributed by atoms with van der Waals surface area (Å²) in [4.78, 5) is 15.3. The zero-order chi connectivity index (χ0) is 17.0. The van der Waals surface area contributed by atoms with Gasteiger partial charge in [-0.05, 0) is 12.1 Å². The Balaban J connectivity index is 2.02. The molecule has 0 amide bonds. The number of fused-ring (bicyclic) bond motifs is 5. The molecule has 7 heteroatoms. The molecule has 0 aliphatic heterocycles. The van der Waals surface area contributed by atoms with Crippen LogP contribution in [0.5, 0.6) is 0 Å². The van der Waals surface area contributed by atoms with Gasteiger partial charge in [0.05, 0.1) is 16.3 Å². The van der Waals surface area contributed by atoms with Crippen molar-refractivity contribution in [1.82, 2.24) is 24.8 Å². The minimum atomic E-state index is -0.192. The number of nitrogens with zero attached hydrogens (tertiary/aromatic N) is 4. The van der Waals surface area contributed by atoms with Gasteiger partial charge in [0, 0.05) is 5.56 Å². The Bertz CT molecular complexity index is 1320. The van der Waals surface area contributed by atoms with Crippen LogP contribution in [0.15, 0.2) is 59.4 Å². The molecule has 25 heavy (non-hydrogen) atoms. The highest BCUT2D eigenvalue weighted by Gasteiger charge is 2.18. The largest absolute Gasteiger partial charge is 0.382 e. The van der Waals surface area contributed by atoms with Crippen LogP contribution in [-0.2, 0) is 0 Å². The molecule has 0 fully saturated rings. The number of nitrogens with one attached hydrogen (secondary N) is 1. The van der Waals surface area contributed by atoms with E-state index >= 15 is 0 Å². The molecule has 0 bridgehead atoms. The summed E-state index contributed by atoms with van der Waals surface area (Å²) in [6.45, 7) is 0. The summed E-state index contributed by atoms with van der Waals surface area (Å²) >= 11 is 0. The van der Waals surface area contributed by atoms with Gasteiger partial charge in [0.2, 0.25) is 0 Å². The van der Waals surface area contributed by atoms with E-state index in [0.717, 1.165) is 5.56 Å². The Morgan fingerprint density at radius 1 is 0.960 bits per heavy atom. The van der Waals surface area contributed by atoms with Crippen molar-refractivity contribution in [3.8, 4) is 11.3 Å². The minimum absolute atomic E-state index is 0.192. The molecule has 0 atom stereocenters. The third kappa shape index (κ3) is 1.86. The average Bonchev–Trinajstić information content (AvgIpc) is 3.03. The monoisotopic (exact) mass is 328 g/mol. The number of H-pyrrole nitrogens is 1. The molecule has 0 saturated heterocycles. The topological polar surface area (TPSA) is 102 Å². The summed E-state index contributed by atoms with van der Waals surface area (Å²) in [7, 11) is 0. The molecule has 3 aromatic heterocycles. The molecule has 3 heterocycles. The van der Waals surface area contributed by atoms with E-state index in [0.29, 0.717) is 33.1 Å². The number of nitrogens with two attached hydrogens (primary N) is 1. The number of anilines is 1. The van der Waals surface area contributed by atoms with E-state index in [2.05, 4.69) is 20.3 Å². The highest BCUT2D eigenvalue weighted by Crippen LogP contribution is 2.30. The molecular formula is C18H12N6O. The number of aromatic nitrogens is 5. The predicted molar refractivity (Wildman–Crippen MR) is 96.3 cm³/mol. The van der Waals surface area contributed by atoms with Gasteiger partial charge in [0.1, 0.15) is 16.9 Å². The molecule has 5 rings (SSSR count). The number of para-hydroxylation sites is 1. The molecule has 0 spiro atoms. The highest BCUT2D eigenvalue weighted by molar-refractivity contribution is 6.06. The summed E-state index contributed by atoms with van der Waals surface area (Å²) in [6, 6.07) is 16.9. The smallest absolute Gasteiger partial charge is 0.259 e. The number of benzene rings is 2. The lowest BCUT2D eigenvalue weighted by Gasteiger charge is -2.01. The van der Waals surface area contributed by atoms with Gasteiger partial charge in [-0.25, -0.2) is 4.52 Å². The van der Waals surface area contributed by atoms with Crippen LogP contribution in [0, 0.1) is 0 Å². The van der Waals surface area contributed by atoms with E-state index in [1.54, 1.807) is 10.6 Å². The first-order valence-electron chi connectivity index (χ1n) is 7.75. The van der Waals surface area contributed by atoms with Crippen LogP contribution in [-0.4, -0.2) is 24.8 Å². The van der Waals surface area contributed by atoms with Crippen LogP contribution in [0.25, 0.3) is 38.7 Å². The molecule has 5 aromatic rings. The van der Waals surface area contributed by atoms with Crippen molar-refractivity contribution < 1.29 is 0 Å². The molecule has 120 valence electrons. The van der Waals surface area contributed by atoms with Crippen LogP contribution in [0.3, 0.4) is 0 Å². The van der Waals surface area contributed by atoms with E-state index in [9.17, 15) is 4.79 Å². The molecule has 0 saturated carbocycles. The van der Waals surface area contributed by atoms with E-state index in [1.807, 2.05) is 48.5 Å². The van der Waals surface area contributed by atoms with Crippen LogP contribution in [0.4, 0.5) is 5.82 Å². The van der Waals surface area contributed by atoms with Gasteiger partial charge in [0.15, 0.2) is 5.82 Å². The summed E-state index contributed by atoms with van der Waals surface area (Å²) < 4.78 is 1.69. The molecule has 7 nitrogen and oxygen atoms in total. The van der Waals surface area contributed by atoms with Crippen molar-refractivity contribution in [2.75, 3.05) is 5.73 Å². The van der Waals surface area contributed by atoms with Gasteiger partial charge in [0.25, 0.3) is 5.56 Å². The third-order valence-electron chi connectivity index (χ3n) is 4.28. The normalized spacial score (nSPS) is 11.5. The fourth-order valence-corrected chi connectivity index (χ4v) is 3.13. The first-order chi connectivity index (χ1) is 12.2. The number of rotatable bonds is 1. The van der Waals surface area contributed by atoms with Crippen LogP contribution >= 0.6 is 0 Å². The van der Waals surface area contributed by atoms with Crippen molar-refractivity contribution in [3.63, 3.8) is 0 Å². The Morgan fingerprint density at radius 3 is 2.56 bits per heavy atom. The van der Waals surface area contributed by atoms with E-state index in [1.165, 1.54) is 0 Å². The summed E-state index contributed by atoms with van der Waals surface area (Å²) in [5.41, 5.74) is 9.20. The zero-order valence-electron chi connectivity index (χ0n) is 13.0. The van der Waals surface area contributed by atoms with Gasteiger partial charge in [-0.3, -0.25) is 4.79 Å². The maximum atomic E-state index is 12.4. The lowest BCUT2D eigenvalue weighted by atomic mass is 10.1. The summed E-state index contributed by atoms with van der Waals surface area (Å²) in [5.74, 6) is 0.232. The first-order valence-corrected chi connectivity index (χ1v) is 7.75. The first kappa shape index (κ1) is 13.7. The fraction of sp³-hybridized carbons (Fsp3) is 0. The van der Waals surface area contributed by atoms with Crippen molar-refractivity contribution >= 4 is 33.3 Å². The summed E-state index contributed by atoms with van der Waals surface area (Å²) in [5, 5.41) is 14.1. The Kier molecular flexibility index (Phi) is 2.67. The molecular weight excluding hydrogens is 316 g/mol. The standard InChI is InChI=1S/C18H12N6O/c19-16-13-15(14(21-22-16)10-6-2-1-3-7-10)23-24-12-9-5-4-8-11(12)18(25)20-17(13)24/h1-9H,(H2,19,22)(H,20,25). The Labute approximate surface area is 140 Å². The van der Waals surface area contributed by atoms with Gasteiger partial charge in [-0.2, -0.15) is 5.10 Å². The van der Waals surface area contributed by atoms with E-state index in [4.69, 9.17) is 5.73 Å². The number of hydrogen-bond donors (Lipinski definition) is 2. The quantitative estimate of drug-likeness (QED) is 0.492. The number of aromatic amines is 1. The molecule has 0 aliphatic rings. The van der Waals surface area contributed by atoms with Crippen LogP contribution < -0.4 is 11.3 Å². The second kappa shape index (κ2) is 4.88. The average molecular weight is 328 g/mol. The number of nitrogen functional groups attached to an aromatic ring is 1. The SMILES string of the molecule is Nc1nnc(-c2ccccc2)c2nn3c4ccccc4c(=O)[nH]c3c12. The molecule has 0 aliphatic carbocycles. The lowest BCUT2D eigenvalue weighted by Crippen LogP contribution is -2.10. The van der Waals surface area contributed by atoms with Gasteiger partial charge < -0.3 is 10.7 Å². The lowest BCUT2D eigenvalue weighted by molar-refractivity contribution is 0.991. The maximum Gasteiger partial charge on any atom is 0.259 e. The van der Waals surface area contributed by atoms with Crippen molar-refractivity contribution in [2.24, 2.45) is 0 Å². The number of hydrogen-bond acceptors (Lipinski definition) is 5. The van der Waals surface area contributed by atoms with Gasteiger partial charge in [-0.15, -0.1) is 10.2 Å². The molecule has 0 radical (unpaired) electrons.